The third-order valence-corrected chi connectivity index (χ3v) is 3.54. The monoisotopic (exact) mass is 372 g/mol. The first-order valence-corrected chi connectivity index (χ1v) is 7.64. The highest BCUT2D eigenvalue weighted by Gasteiger charge is 2.33. The van der Waals surface area contributed by atoms with E-state index in [2.05, 4.69) is 20.2 Å². The highest BCUT2D eigenvalue weighted by molar-refractivity contribution is 5.91. The highest BCUT2D eigenvalue weighted by atomic mass is 19.4. The zero-order valence-corrected chi connectivity index (χ0v) is 13.6. The number of alkyl halides is 3. The summed E-state index contributed by atoms with van der Waals surface area (Å²) in [6, 6.07) is 4.72. The Bertz CT molecular complexity index is 780. The molecule has 1 N–H and O–H groups in total. The highest BCUT2D eigenvalue weighted by Crippen LogP contribution is 2.30. The molecule has 2 aromatic rings. The molecule has 1 atom stereocenters. The minimum Gasteiger partial charge on any atom is -0.404 e. The molecule has 26 heavy (non-hydrogen) atoms. The standard InChI is InChI=1S/C15H15F3N4O4/c1-9-19-13(21-26-9)12-8-22(6-7-24-12)14(23)20-10-4-2-3-5-11(10)25-15(16,17)18/h2-5,12H,6-8H2,1H3,(H,20,23)/t12-/m0/s1. The quantitative estimate of drug-likeness (QED) is 0.891. The van der Waals surface area contributed by atoms with Crippen LogP contribution in [0.1, 0.15) is 17.8 Å². The number of hydrogen-bond donors (Lipinski definition) is 1. The summed E-state index contributed by atoms with van der Waals surface area (Å²) in [6.07, 6.45) is -5.44. The predicted octanol–water partition coefficient (Wildman–Crippen LogP) is 2.88. The maximum Gasteiger partial charge on any atom is 0.573 e. The van der Waals surface area contributed by atoms with Gasteiger partial charge in [0.25, 0.3) is 0 Å². The number of hydrogen-bond acceptors (Lipinski definition) is 6. The Hall–Kier alpha value is -2.82. The largest absolute Gasteiger partial charge is 0.573 e. The van der Waals surface area contributed by atoms with Gasteiger partial charge in [0.15, 0.2) is 5.75 Å². The van der Waals surface area contributed by atoms with E-state index in [-0.39, 0.29) is 25.4 Å². The number of nitrogens with one attached hydrogen (secondary N) is 1. The van der Waals surface area contributed by atoms with E-state index in [9.17, 15) is 18.0 Å². The molecule has 8 nitrogen and oxygen atoms in total. The van der Waals surface area contributed by atoms with E-state index in [1.165, 1.54) is 23.1 Å². The van der Waals surface area contributed by atoms with Crippen molar-refractivity contribution in [3.05, 3.63) is 36.0 Å². The van der Waals surface area contributed by atoms with E-state index in [1.54, 1.807) is 6.92 Å². The lowest BCUT2D eigenvalue weighted by atomic mass is 10.2. The number of aromatic nitrogens is 2. The zero-order chi connectivity index (χ0) is 18.7. The number of para-hydroxylation sites is 2. The Morgan fingerprint density at radius 3 is 2.85 bits per heavy atom. The summed E-state index contributed by atoms with van der Waals surface area (Å²) >= 11 is 0. The van der Waals surface area contributed by atoms with Gasteiger partial charge >= 0.3 is 12.4 Å². The normalized spacial score (nSPS) is 17.8. The molecule has 11 heteroatoms. The number of urea groups is 1. The second-order valence-corrected chi connectivity index (χ2v) is 5.45. The first-order valence-electron chi connectivity index (χ1n) is 7.64. The molecule has 0 aliphatic carbocycles. The fourth-order valence-electron chi connectivity index (χ4n) is 2.41. The van der Waals surface area contributed by atoms with Gasteiger partial charge < -0.3 is 24.2 Å². The number of carbonyl (C=O) groups is 1. The molecule has 140 valence electrons. The molecular formula is C15H15F3N4O4. The Balaban J connectivity index is 1.68. The Kier molecular flexibility index (Phi) is 4.98. The number of ether oxygens (including phenoxy) is 2. The molecule has 1 aromatic heterocycles. The van der Waals surface area contributed by atoms with Crippen molar-refractivity contribution in [2.45, 2.75) is 19.4 Å². The lowest BCUT2D eigenvalue weighted by Crippen LogP contribution is -2.44. The third kappa shape index (κ3) is 4.42. The molecule has 1 saturated heterocycles. The molecule has 0 spiro atoms. The number of halogens is 3. The summed E-state index contributed by atoms with van der Waals surface area (Å²) in [5.74, 6) is 0.177. The van der Waals surface area contributed by atoms with Gasteiger partial charge in [0.2, 0.25) is 11.7 Å². The SMILES string of the molecule is Cc1nc([C@@H]2CN(C(=O)Nc3ccccc3OC(F)(F)F)CCO2)no1. The van der Waals surface area contributed by atoms with Crippen LogP contribution in [0.2, 0.25) is 0 Å². The number of aryl methyl sites for hydroxylation is 1. The van der Waals surface area contributed by atoms with E-state index in [0.29, 0.717) is 11.7 Å². The summed E-state index contributed by atoms with van der Waals surface area (Å²) in [5, 5.41) is 6.18. The second-order valence-electron chi connectivity index (χ2n) is 5.45. The minimum atomic E-state index is -4.86. The van der Waals surface area contributed by atoms with Gasteiger partial charge in [0.05, 0.1) is 18.8 Å². The molecule has 1 aromatic carbocycles. The van der Waals surface area contributed by atoms with Gasteiger partial charge in [-0.1, -0.05) is 17.3 Å². The van der Waals surface area contributed by atoms with Crippen molar-refractivity contribution in [3.8, 4) is 5.75 Å². The maximum absolute atomic E-state index is 12.5. The van der Waals surface area contributed by atoms with Crippen molar-refractivity contribution >= 4 is 11.7 Å². The number of benzene rings is 1. The molecule has 0 saturated carbocycles. The fraction of sp³-hybridized carbons (Fsp3) is 0.400. The van der Waals surface area contributed by atoms with E-state index in [4.69, 9.17) is 9.26 Å². The summed E-state index contributed by atoms with van der Waals surface area (Å²) in [6.45, 7) is 2.25. The molecule has 1 fully saturated rings. The molecule has 2 amide bonds. The van der Waals surface area contributed by atoms with E-state index < -0.39 is 24.2 Å². The fourth-order valence-corrected chi connectivity index (χ4v) is 2.41. The average Bonchev–Trinajstić information content (AvgIpc) is 3.02. The van der Waals surface area contributed by atoms with Crippen molar-refractivity contribution in [1.82, 2.24) is 15.0 Å². The van der Waals surface area contributed by atoms with Gasteiger partial charge in [-0.3, -0.25) is 0 Å². The smallest absolute Gasteiger partial charge is 0.404 e. The first kappa shape index (κ1) is 18.0. The van der Waals surface area contributed by atoms with Crippen LogP contribution < -0.4 is 10.1 Å². The lowest BCUT2D eigenvalue weighted by Gasteiger charge is -2.31. The van der Waals surface area contributed by atoms with Crippen LogP contribution in [0, 0.1) is 6.92 Å². The first-order chi connectivity index (χ1) is 12.3. The number of rotatable bonds is 3. The molecule has 0 bridgehead atoms. The Morgan fingerprint density at radius 1 is 1.38 bits per heavy atom. The zero-order valence-electron chi connectivity index (χ0n) is 13.6. The molecule has 1 aliphatic rings. The van der Waals surface area contributed by atoms with Gasteiger partial charge in [-0.2, -0.15) is 4.98 Å². The lowest BCUT2D eigenvalue weighted by molar-refractivity contribution is -0.274. The summed E-state index contributed by atoms with van der Waals surface area (Å²) in [7, 11) is 0. The van der Waals surface area contributed by atoms with Gasteiger partial charge in [-0.15, -0.1) is 13.2 Å². The number of carbonyl (C=O) groups excluding carboxylic acids is 1. The van der Waals surface area contributed by atoms with Crippen molar-refractivity contribution in [2.24, 2.45) is 0 Å². The van der Waals surface area contributed by atoms with Gasteiger partial charge in [-0.25, -0.2) is 4.79 Å². The maximum atomic E-state index is 12.5. The number of amides is 2. The van der Waals surface area contributed by atoms with Crippen molar-refractivity contribution in [3.63, 3.8) is 0 Å². The van der Waals surface area contributed by atoms with E-state index in [0.717, 1.165) is 6.07 Å². The molecule has 0 radical (unpaired) electrons. The molecule has 3 rings (SSSR count). The van der Waals surface area contributed by atoms with Crippen LogP contribution in [-0.2, 0) is 4.74 Å². The van der Waals surface area contributed by atoms with Crippen LogP contribution in [0.5, 0.6) is 5.75 Å². The molecule has 0 unspecified atom stereocenters. The van der Waals surface area contributed by atoms with Crippen LogP contribution in [0.15, 0.2) is 28.8 Å². The summed E-state index contributed by atoms with van der Waals surface area (Å²) in [5.41, 5.74) is -0.0896. The Labute approximate surface area is 145 Å². The number of nitrogens with zero attached hydrogens (tertiary/aromatic N) is 3. The van der Waals surface area contributed by atoms with Crippen molar-refractivity contribution < 1.29 is 32.0 Å². The number of anilines is 1. The van der Waals surface area contributed by atoms with Gasteiger partial charge in [0, 0.05) is 13.5 Å². The molecule has 1 aliphatic heterocycles. The Morgan fingerprint density at radius 2 is 2.15 bits per heavy atom. The summed E-state index contributed by atoms with van der Waals surface area (Å²) in [4.78, 5) is 17.9. The molecular weight excluding hydrogens is 357 g/mol. The van der Waals surface area contributed by atoms with Crippen molar-refractivity contribution in [1.29, 1.82) is 0 Å². The van der Waals surface area contributed by atoms with Crippen LogP contribution in [0.25, 0.3) is 0 Å². The van der Waals surface area contributed by atoms with E-state index >= 15 is 0 Å². The van der Waals surface area contributed by atoms with E-state index in [1.807, 2.05) is 0 Å². The predicted molar refractivity (Wildman–Crippen MR) is 81.4 cm³/mol. The van der Waals surface area contributed by atoms with Crippen molar-refractivity contribution in [2.75, 3.05) is 25.0 Å². The molecule has 2 heterocycles. The van der Waals surface area contributed by atoms with Crippen LogP contribution >= 0.6 is 0 Å². The van der Waals surface area contributed by atoms with Crippen LogP contribution in [0.3, 0.4) is 0 Å². The second kappa shape index (κ2) is 7.20. The van der Waals surface area contributed by atoms with Crippen LogP contribution in [-0.4, -0.2) is 47.1 Å². The minimum absolute atomic E-state index is 0.0896. The van der Waals surface area contributed by atoms with Gasteiger partial charge in [0.1, 0.15) is 6.10 Å². The number of morpholine rings is 1. The topological polar surface area (TPSA) is 89.7 Å². The average molecular weight is 372 g/mol. The third-order valence-electron chi connectivity index (χ3n) is 3.54. The van der Waals surface area contributed by atoms with Gasteiger partial charge in [-0.05, 0) is 12.1 Å². The van der Waals surface area contributed by atoms with Crippen LogP contribution in [0.4, 0.5) is 23.7 Å². The summed E-state index contributed by atoms with van der Waals surface area (Å²) < 4.78 is 51.7.